The van der Waals surface area contributed by atoms with Crippen LogP contribution in [0.5, 0.6) is 0 Å². The van der Waals surface area contributed by atoms with Gasteiger partial charge in [-0.15, -0.1) is 0 Å². The molecule has 1 saturated heterocycles. The van der Waals surface area contributed by atoms with Crippen molar-refractivity contribution in [3.63, 3.8) is 0 Å². The quantitative estimate of drug-likeness (QED) is 0.756. The fourth-order valence-corrected chi connectivity index (χ4v) is 1.51. The maximum atomic E-state index is 10.6. The van der Waals surface area contributed by atoms with E-state index in [1.165, 1.54) is 0 Å². The molecule has 1 aromatic rings. The van der Waals surface area contributed by atoms with Crippen LogP contribution >= 0.6 is 0 Å². The van der Waals surface area contributed by atoms with Crippen LogP contribution in [0.3, 0.4) is 0 Å². The second kappa shape index (κ2) is 3.29. The number of hydrogen-bond acceptors (Lipinski definition) is 3. The van der Waals surface area contributed by atoms with E-state index in [1.54, 1.807) is 6.20 Å². The van der Waals surface area contributed by atoms with Crippen molar-refractivity contribution in [3.8, 4) is 0 Å². The third-order valence-electron chi connectivity index (χ3n) is 2.46. The lowest BCUT2D eigenvalue weighted by Gasteiger charge is -2.37. The molecule has 4 heteroatoms. The van der Waals surface area contributed by atoms with Gasteiger partial charge in [-0.25, -0.2) is 4.98 Å². The number of aryl methyl sites for hydroxylation is 1. The Balaban J connectivity index is 2.03. The van der Waals surface area contributed by atoms with Gasteiger partial charge in [-0.1, -0.05) is 0 Å². The van der Waals surface area contributed by atoms with E-state index in [0.717, 1.165) is 11.4 Å². The van der Waals surface area contributed by atoms with E-state index >= 15 is 0 Å². The van der Waals surface area contributed by atoms with Crippen LogP contribution in [-0.4, -0.2) is 29.1 Å². The molecule has 1 aromatic heterocycles. The summed E-state index contributed by atoms with van der Waals surface area (Å²) >= 11 is 0. The van der Waals surface area contributed by atoms with Crippen LogP contribution < -0.4 is 4.90 Å². The van der Waals surface area contributed by atoms with Crippen LogP contribution in [0.25, 0.3) is 0 Å². The number of rotatable bonds is 2. The lowest BCUT2D eigenvalue weighted by atomic mass is 10.0. The Kier molecular flexibility index (Phi) is 2.11. The molecule has 0 saturated carbocycles. The van der Waals surface area contributed by atoms with E-state index in [-0.39, 0.29) is 5.92 Å². The molecule has 1 N–H and O–H groups in total. The van der Waals surface area contributed by atoms with Crippen LogP contribution in [0.2, 0.25) is 0 Å². The van der Waals surface area contributed by atoms with Gasteiger partial charge in [0.15, 0.2) is 0 Å². The standard InChI is InChI=1S/C10H12N2O2/c1-7-2-3-11-9(4-7)12-5-8(6-12)10(13)14/h2-4,8H,5-6H2,1H3,(H,13,14). The van der Waals surface area contributed by atoms with Crippen molar-refractivity contribution >= 4 is 11.8 Å². The van der Waals surface area contributed by atoms with Gasteiger partial charge in [-0.2, -0.15) is 0 Å². The van der Waals surface area contributed by atoms with Gasteiger partial charge in [-0.05, 0) is 24.6 Å². The Morgan fingerprint density at radius 2 is 2.36 bits per heavy atom. The number of aromatic nitrogens is 1. The summed E-state index contributed by atoms with van der Waals surface area (Å²) in [5.74, 6) is -0.0614. The Morgan fingerprint density at radius 1 is 1.64 bits per heavy atom. The van der Waals surface area contributed by atoms with Crippen molar-refractivity contribution in [2.75, 3.05) is 18.0 Å². The molecule has 0 aromatic carbocycles. The molecular weight excluding hydrogens is 180 g/mol. The minimum atomic E-state index is -0.714. The van der Waals surface area contributed by atoms with Crippen LogP contribution in [0, 0.1) is 12.8 Å². The molecule has 0 spiro atoms. The summed E-state index contributed by atoms with van der Waals surface area (Å²) in [6.07, 6.45) is 1.75. The molecule has 0 radical (unpaired) electrons. The fourth-order valence-electron chi connectivity index (χ4n) is 1.51. The second-order valence-electron chi connectivity index (χ2n) is 3.63. The van der Waals surface area contributed by atoms with E-state index in [2.05, 4.69) is 4.98 Å². The number of carboxylic acid groups (broad SMARTS) is 1. The minimum Gasteiger partial charge on any atom is -0.481 e. The average Bonchev–Trinajstić information content (AvgIpc) is 2.00. The van der Waals surface area contributed by atoms with Gasteiger partial charge < -0.3 is 10.0 Å². The Hall–Kier alpha value is -1.58. The molecule has 1 fully saturated rings. The molecular formula is C10H12N2O2. The van der Waals surface area contributed by atoms with Crippen LogP contribution in [0.1, 0.15) is 5.56 Å². The zero-order valence-electron chi connectivity index (χ0n) is 7.97. The number of carboxylic acids is 1. The molecule has 0 atom stereocenters. The van der Waals surface area contributed by atoms with Crippen molar-refractivity contribution in [2.24, 2.45) is 5.92 Å². The topological polar surface area (TPSA) is 53.4 Å². The number of carbonyl (C=O) groups is 1. The van der Waals surface area contributed by atoms with E-state index in [1.807, 2.05) is 24.0 Å². The summed E-state index contributed by atoms with van der Waals surface area (Å²) < 4.78 is 0. The van der Waals surface area contributed by atoms with Crippen molar-refractivity contribution in [3.05, 3.63) is 23.9 Å². The third-order valence-corrected chi connectivity index (χ3v) is 2.46. The molecule has 0 aliphatic carbocycles. The summed E-state index contributed by atoms with van der Waals surface area (Å²) in [7, 11) is 0. The van der Waals surface area contributed by atoms with Crippen molar-refractivity contribution in [1.82, 2.24) is 4.98 Å². The van der Waals surface area contributed by atoms with Gasteiger partial charge >= 0.3 is 5.97 Å². The summed E-state index contributed by atoms with van der Waals surface area (Å²) in [6, 6.07) is 3.90. The minimum absolute atomic E-state index is 0.225. The molecule has 0 unspecified atom stereocenters. The van der Waals surface area contributed by atoms with E-state index in [4.69, 9.17) is 5.11 Å². The van der Waals surface area contributed by atoms with Crippen molar-refractivity contribution in [1.29, 1.82) is 0 Å². The molecule has 2 heterocycles. The smallest absolute Gasteiger partial charge is 0.310 e. The zero-order chi connectivity index (χ0) is 10.1. The third kappa shape index (κ3) is 1.55. The second-order valence-corrected chi connectivity index (χ2v) is 3.63. The first-order valence-corrected chi connectivity index (χ1v) is 4.57. The Morgan fingerprint density at radius 3 is 2.93 bits per heavy atom. The van der Waals surface area contributed by atoms with Crippen molar-refractivity contribution in [2.45, 2.75) is 6.92 Å². The Labute approximate surface area is 82.2 Å². The van der Waals surface area contributed by atoms with Crippen molar-refractivity contribution < 1.29 is 9.90 Å². The molecule has 0 bridgehead atoms. The highest BCUT2D eigenvalue weighted by molar-refractivity contribution is 5.74. The largest absolute Gasteiger partial charge is 0.481 e. The van der Waals surface area contributed by atoms with Gasteiger partial charge in [0.05, 0.1) is 5.92 Å². The number of anilines is 1. The maximum absolute atomic E-state index is 10.6. The van der Waals surface area contributed by atoms with Gasteiger partial charge in [0.25, 0.3) is 0 Å². The molecule has 4 nitrogen and oxygen atoms in total. The molecule has 74 valence electrons. The molecule has 1 aliphatic rings. The highest BCUT2D eigenvalue weighted by atomic mass is 16.4. The first kappa shape index (κ1) is 8.99. The lowest BCUT2D eigenvalue weighted by molar-refractivity contribution is -0.142. The molecule has 0 amide bonds. The lowest BCUT2D eigenvalue weighted by Crippen LogP contribution is -2.50. The number of pyridine rings is 1. The highest BCUT2D eigenvalue weighted by Gasteiger charge is 2.33. The van der Waals surface area contributed by atoms with Gasteiger partial charge in [0.2, 0.25) is 0 Å². The first-order chi connectivity index (χ1) is 6.66. The number of aliphatic carboxylic acids is 1. The Bertz CT molecular complexity index is 359. The monoisotopic (exact) mass is 192 g/mol. The first-order valence-electron chi connectivity index (χ1n) is 4.57. The van der Waals surface area contributed by atoms with Crippen LogP contribution in [0.15, 0.2) is 18.3 Å². The molecule has 14 heavy (non-hydrogen) atoms. The molecule has 1 aliphatic heterocycles. The number of hydrogen-bond donors (Lipinski definition) is 1. The van der Waals surface area contributed by atoms with Gasteiger partial charge in [0.1, 0.15) is 5.82 Å². The average molecular weight is 192 g/mol. The van der Waals surface area contributed by atoms with E-state index in [9.17, 15) is 4.79 Å². The molecule has 2 rings (SSSR count). The summed E-state index contributed by atoms with van der Waals surface area (Å²) in [5, 5.41) is 8.71. The zero-order valence-corrected chi connectivity index (χ0v) is 7.97. The fraction of sp³-hybridized carbons (Fsp3) is 0.400. The van der Waals surface area contributed by atoms with Crippen LogP contribution in [-0.2, 0) is 4.79 Å². The predicted molar refractivity (Wildman–Crippen MR) is 52.3 cm³/mol. The number of nitrogens with zero attached hydrogens (tertiary/aromatic N) is 2. The SMILES string of the molecule is Cc1ccnc(N2CC(C(=O)O)C2)c1. The summed E-state index contributed by atoms with van der Waals surface area (Å²) in [6.45, 7) is 3.15. The van der Waals surface area contributed by atoms with E-state index < -0.39 is 5.97 Å². The maximum Gasteiger partial charge on any atom is 0.310 e. The van der Waals surface area contributed by atoms with Gasteiger partial charge in [-0.3, -0.25) is 4.79 Å². The normalized spacial score (nSPS) is 16.5. The highest BCUT2D eigenvalue weighted by Crippen LogP contribution is 2.22. The van der Waals surface area contributed by atoms with Gasteiger partial charge in [0, 0.05) is 19.3 Å². The van der Waals surface area contributed by atoms with Crippen LogP contribution in [0.4, 0.5) is 5.82 Å². The predicted octanol–water partition coefficient (Wildman–Crippen LogP) is 0.911. The summed E-state index contributed by atoms with van der Waals surface area (Å²) in [5.41, 5.74) is 1.15. The van der Waals surface area contributed by atoms with E-state index in [0.29, 0.717) is 13.1 Å². The summed E-state index contributed by atoms with van der Waals surface area (Å²) in [4.78, 5) is 16.7.